The number of hydrogen-bond acceptors (Lipinski definition) is 2. The average molecular weight is 288 g/mol. The molecule has 20 heavy (non-hydrogen) atoms. The van der Waals surface area contributed by atoms with E-state index in [1.165, 1.54) is 0 Å². The third-order valence-electron chi connectivity index (χ3n) is 2.97. The summed E-state index contributed by atoms with van der Waals surface area (Å²) < 4.78 is 27.4. The Balaban J connectivity index is 2.41. The summed E-state index contributed by atoms with van der Waals surface area (Å²) in [5.41, 5.74) is 1.35. The normalized spacial score (nSPS) is 12.2. The first kappa shape index (κ1) is 14.6. The molecule has 0 aromatic heterocycles. The van der Waals surface area contributed by atoms with E-state index in [2.05, 4.69) is 10.8 Å². The van der Waals surface area contributed by atoms with Crippen LogP contribution in [0.1, 0.15) is 26.3 Å². The number of rotatable bonds is 3. The van der Waals surface area contributed by atoms with Gasteiger partial charge in [-0.05, 0) is 41.3 Å². The molecule has 0 fully saturated rings. The molecular weight excluding hydrogens is 270 g/mol. The number of hydrogen-bond donors (Lipinski definition) is 1. The van der Waals surface area contributed by atoms with Crippen molar-refractivity contribution in [3.05, 3.63) is 60.2 Å². The third-order valence-corrected chi connectivity index (χ3v) is 4.35. The monoisotopic (exact) mass is 288 g/mol. The molecule has 4 heteroatoms. The molecule has 0 amide bonds. The summed E-state index contributed by atoms with van der Waals surface area (Å²) >= 11 is 0. The summed E-state index contributed by atoms with van der Waals surface area (Å²) in [6.45, 7) is 6.11. The van der Waals surface area contributed by atoms with Crippen molar-refractivity contribution in [2.24, 2.45) is 0 Å². The minimum absolute atomic E-state index is 0.160. The van der Waals surface area contributed by atoms with Crippen molar-refractivity contribution in [3.8, 4) is 0 Å². The molecule has 1 radical (unpaired) electrons. The van der Waals surface area contributed by atoms with E-state index in [9.17, 15) is 8.42 Å². The van der Waals surface area contributed by atoms with Crippen LogP contribution in [0.4, 0.5) is 5.69 Å². The van der Waals surface area contributed by atoms with Crippen LogP contribution in [0.5, 0.6) is 0 Å². The van der Waals surface area contributed by atoms with Crippen LogP contribution in [0, 0.1) is 6.07 Å². The van der Waals surface area contributed by atoms with Gasteiger partial charge in [-0.25, -0.2) is 8.42 Å². The molecule has 2 aromatic rings. The molecule has 105 valence electrons. The van der Waals surface area contributed by atoms with E-state index in [0.29, 0.717) is 5.69 Å². The van der Waals surface area contributed by atoms with Crippen molar-refractivity contribution >= 4 is 15.7 Å². The Kier molecular flexibility index (Phi) is 3.86. The maximum atomic E-state index is 12.4. The minimum Gasteiger partial charge on any atom is -0.279 e. The van der Waals surface area contributed by atoms with Crippen LogP contribution in [0.15, 0.2) is 53.4 Å². The second kappa shape index (κ2) is 5.29. The summed E-state index contributed by atoms with van der Waals surface area (Å²) in [6.07, 6.45) is 0. The molecule has 0 saturated carbocycles. The van der Waals surface area contributed by atoms with Crippen LogP contribution in [0.3, 0.4) is 0 Å². The maximum absolute atomic E-state index is 12.4. The molecule has 0 atom stereocenters. The fraction of sp³-hybridized carbons (Fsp3) is 0.250. The molecule has 1 N–H and O–H groups in total. The average Bonchev–Trinajstić information content (AvgIpc) is 2.39. The van der Waals surface area contributed by atoms with Gasteiger partial charge in [0.1, 0.15) is 0 Å². The van der Waals surface area contributed by atoms with Gasteiger partial charge in [0, 0.05) is 0 Å². The number of nitrogens with one attached hydrogen (secondary N) is 1. The predicted molar refractivity (Wildman–Crippen MR) is 81.2 cm³/mol. The molecule has 3 nitrogen and oxygen atoms in total. The maximum Gasteiger partial charge on any atom is 0.261 e. The van der Waals surface area contributed by atoms with Crippen LogP contribution in [-0.2, 0) is 15.4 Å². The third kappa shape index (κ3) is 3.20. The number of anilines is 1. The SMILES string of the molecule is CC(C)(C)c1c[c]ccc1NS(=O)(=O)c1ccccc1. The van der Waals surface area contributed by atoms with E-state index in [1.54, 1.807) is 42.5 Å². The van der Waals surface area contributed by atoms with Crippen LogP contribution in [0.25, 0.3) is 0 Å². The van der Waals surface area contributed by atoms with Gasteiger partial charge in [0.05, 0.1) is 10.6 Å². The second-order valence-electron chi connectivity index (χ2n) is 5.64. The molecule has 0 saturated heterocycles. The molecule has 2 rings (SSSR count). The van der Waals surface area contributed by atoms with Gasteiger partial charge in [-0.2, -0.15) is 0 Å². The molecule has 0 unspecified atom stereocenters. The van der Waals surface area contributed by atoms with Crippen LogP contribution in [-0.4, -0.2) is 8.42 Å². The van der Waals surface area contributed by atoms with Crippen LogP contribution >= 0.6 is 0 Å². The standard InChI is InChI=1S/C16H18NO2S/c1-16(2,3)14-11-7-8-12-15(14)17-20(18,19)13-9-5-4-6-10-13/h4-6,8-12,17H,1-3H3. The molecule has 0 aliphatic rings. The van der Waals surface area contributed by atoms with Crippen molar-refractivity contribution < 1.29 is 8.42 Å². The van der Waals surface area contributed by atoms with Crippen LogP contribution in [0.2, 0.25) is 0 Å². The summed E-state index contributed by atoms with van der Waals surface area (Å²) in [6, 6.07) is 16.6. The highest BCUT2D eigenvalue weighted by atomic mass is 32.2. The predicted octanol–water partition coefficient (Wildman–Crippen LogP) is 3.59. The molecule has 0 spiro atoms. The summed E-state index contributed by atoms with van der Waals surface area (Å²) in [4.78, 5) is 0.257. The fourth-order valence-corrected chi connectivity index (χ4v) is 3.04. The lowest BCUT2D eigenvalue weighted by Crippen LogP contribution is -2.19. The number of benzene rings is 2. The first-order valence-electron chi connectivity index (χ1n) is 6.39. The molecule has 0 aliphatic heterocycles. The van der Waals surface area contributed by atoms with Gasteiger partial charge < -0.3 is 0 Å². The Hall–Kier alpha value is -1.81. The zero-order chi connectivity index (χ0) is 14.8. The van der Waals surface area contributed by atoms with Gasteiger partial charge in [-0.1, -0.05) is 45.0 Å². The Morgan fingerprint density at radius 1 is 1.05 bits per heavy atom. The summed E-state index contributed by atoms with van der Waals surface area (Å²) in [5.74, 6) is 0. The molecular formula is C16H18NO2S. The van der Waals surface area contributed by atoms with Gasteiger partial charge in [-0.3, -0.25) is 4.72 Å². The van der Waals surface area contributed by atoms with E-state index in [0.717, 1.165) is 5.56 Å². The quantitative estimate of drug-likeness (QED) is 0.938. The Bertz CT molecular complexity index is 686. The van der Waals surface area contributed by atoms with Gasteiger partial charge >= 0.3 is 0 Å². The highest BCUT2D eigenvalue weighted by molar-refractivity contribution is 7.92. The van der Waals surface area contributed by atoms with Crippen molar-refractivity contribution in [1.29, 1.82) is 0 Å². The van der Waals surface area contributed by atoms with Crippen molar-refractivity contribution in [1.82, 2.24) is 0 Å². The van der Waals surface area contributed by atoms with Crippen molar-refractivity contribution in [2.45, 2.75) is 31.1 Å². The molecule has 2 aromatic carbocycles. The highest BCUT2D eigenvalue weighted by Gasteiger charge is 2.21. The Labute approximate surface area is 120 Å². The highest BCUT2D eigenvalue weighted by Crippen LogP contribution is 2.30. The Morgan fingerprint density at radius 3 is 2.30 bits per heavy atom. The topological polar surface area (TPSA) is 46.2 Å². The van der Waals surface area contributed by atoms with E-state index in [4.69, 9.17) is 0 Å². The van der Waals surface area contributed by atoms with E-state index in [-0.39, 0.29) is 10.3 Å². The minimum atomic E-state index is -3.56. The van der Waals surface area contributed by atoms with E-state index < -0.39 is 10.0 Å². The van der Waals surface area contributed by atoms with Crippen molar-refractivity contribution in [2.75, 3.05) is 4.72 Å². The molecule has 0 bridgehead atoms. The van der Waals surface area contributed by atoms with E-state index in [1.807, 2.05) is 26.8 Å². The van der Waals surface area contributed by atoms with Crippen molar-refractivity contribution in [3.63, 3.8) is 0 Å². The number of sulfonamides is 1. The summed E-state index contributed by atoms with van der Waals surface area (Å²) in [7, 11) is -3.56. The summed E-state index contributed by atoms with van der Waals surface area (Å²) in [5, 5.41) is 0. The lowest BCUT2D eigenvalue weighted by molar-refractivity contribution is 0.590. The first-order valence-corrected chi connectivity index (χ1v) is 7.87. The lowest BCUT2D eigenvalue weighted by Gasteiger charge is -2.23. The first-order chi connectivity index (χ1) is 9.31. The molecule has 0 aliphatic carbocycles. The fourth-order valence-electron chi connectivity index (χ4n) is 1.94. The van der Waals surface area contributed by atoms with Gasteiger partial charge in [0.25, 0.3) is 10.0 Å². The lowest BCUT2D eigenvalue weighted by atomic mass is 9.86. The zero-order valence-corrected chi connectivity index (χ0v) is 12.7. The Morgan fingerprint density at radius 2 is 1.70 bits per heavy atom. The smallest absolute Gasteiger partial charge is 0.261 e. The van der Waals surface area contributed by atoms with E-state index >= 15 is 0 Å². The zero-order valence-electron chi connectivity index (χ0n) is 11.8. The van der Waals surface area contributed by atoms with Gasteiger partial charge in [0.15, 0.2) is 0 Å². The second-order valence-corrected chi connectivity index (χ2v) is 7.32. The van der Waals surface area contributed by atoms with Crippen LogP contribution < -0.4 is 4.72 Å². The molecule has 0 heterocycles. The van der Waals surface area contributed by atoms with Gasteiger partial charge in [-0.15, -0.1) is 0 Å². The largest absolute Gasteiger partial charge is 0.279 e. The van der Waals surface area contributed by atoms with Gasteiger partial charge in [0.2, 0.25) is 0 Å².